The second kappa shape index (κ2) is 5.77. The second-order valence-electron chi connectivity index (χ2n) is 5.82. The molecule has 0 aliphatic heterocycles. The van der Waals surface area contributed by atoms with Crippen LogP contribution in [0.5, 0.6) is 0 Å². The van der Waals surface area contributed by atoms with Crippen LogP contribution >= 0.6 is 0 Å². The van der Waals surface area contributed by atoms with Gasteiger partial charge in [0.05, 0.1) is 23.1 Å². The maximum absolute atomic E-state index is 4.62. The summed E-state index contributed by atoms with van der Waals surface area (Å²) in [7, 11) is 0. The summed E-state index contributed by atoms with van der Waals surface area (Å²) in [5.41, 5.74) is 7.30. The van der Waals surface area contributed by atoms with Crippen molar-refractivity contribution in [3.05, 3.63) is 66.1 Å². The molecule has 4 rings (SSSR count). The summed E-state index contributed by atoms with van der Waals surface area (Å²) in [6, 6.07) is 14.2. The van der Waals surface area contributed by atoms with Crippen LogP contribution < -0.4 is 5.32 Å². The van der Waals surface area contributed by atoms with E-state index in [1.54, 1.807) is 12.5 Å². The zero-order valence-electron chi connectivity index (χ0n) is 13.5. The molecule has 2 aromatic carbocycles. The van der Waals surface area contributed by atoms with Crippen molar-refractivity contribution in [2.75, 3.05) is 5.32 Å². The molecule has 2 N–H and O–H groups in total. The summed E-state index contributed by atoms with van der Waals surface area (Å²) in [5.74, 6) is 0.581. The van der Waals surface area contributed by atoms with Crippen molar-refractivity contribution in [2.45, 2.75) is 13.8 Å². The Kier molecular flexibility index (Phi) is 3.46. The molecule has 0 atom stereocenters. The normalized spacial score (nSPS) is 10.9. The van der Waals surface area contributed by atoms with E-state index in [1.807, 2.05) is 30.3 Å². The van der Waals surface area contributed by atoms with Gasteiger partial charge in [0.2, 0.25) is 5.95 Å². The number of nitrogens with zero attached hydrogens (tertiary/aromatic N) is 3. The van der Waals surface area contributed by atoms with Gasteiger partial charge in [0.1, 0.15) is 0 Å². The minimum Gasteiger partial charge on any atom is -0.345 e. The van der Waals surface area contributed by atoms with E-state index in [4.69, 9.17) is 0 Å². The van der Waals surface area contributed by atoms with Crippen LogP contribution in [0.15, 0.2) is 55.0 Å². The Morgan fingerprint density at radius 1 is 0.917 bits per heavy atom. The Morgan fingerprint density at radius 2 is 1.83 bits per heavy atom. The fraction of sp³-hybridized carbons (Fsp3) is 0.105. The number of aromatic nitrogens is 4. The van der Waals surface area contributed by atoms with Crippen LogP contribution in [0, 0.1) is 13.8 Å². The third-order valence-electron chi connectivity index (χ3n) is 4.14. The molecule has 0 aliphatic rings. The molecule has 0 fully saturated rings. The third-order valence-corrected chi connectivity index (χ3v) is 4.14. The quantitative estimate of drug-likeness (QED) is 0.589. The molecule has 5 heteroatoms. The molecule has 24 heavy (non-hydrogen) atoms. The summed E-state index contributed by atoms with van der Waals surface area (Å²) in [4.78, 5) is 16.3. The van der Waals surface area contributed by atoms with E-state index >= 15 is 0 Å². The smallest absolute Gasteiger partial charge is 0.227 e. The molecule has 118 valence electrons. The first-order valence-electron chi connectivity index (χ1n) is 7.80. The van der Waals surface area contributed by atoms with Crippen molar-refractivity contribution in [2.24, 2.45) is 0 Å². The predicted octanol–water partition coefficient (Wildman–Crippen LogP) is 4.38. The highest BCUT2D eigenvalue weighted by atomic mass is 15.1. The van der Waals surface area contributed by atoms with Gasteiger partial charge in [-0.1, -0.05) is 12.1 Å². The van der Waals surface area contributed by atoms with E-state index < -0.39 is 0 Å². The Labute approximate surface area is 139 Å². The first-order valence-corrected chi connectivity index (χ1v) is 7.80. The largest absolute Gasteiger partial charge is 0.345 e. The number of benzene rings is 2. The Morgan fingerprint density at radius 3 is 2.71 bits per heavy atom. The zero-order valence-corrected chi connectivity index (χ0v) is 13.5. The SMILES string of the molecule is Cc1ccc(Nc2nccc(-c3ccc4[nH]cnc4c3)n2)cc1C. The van der Waals surface area contributed by atoms with Crippen molar-refractivity contribution in [3.63, 3.8) is 0 Å². The van der Waals surface area contributed by atoms with Gasteiger partial charge >= 0.3 is 0 Å². The number of aryl methyl sites for hydroxylation is 2. The average molecular weight is 315 g/mol. The van der Waals surface area contributed by atoms with Gasteiger partial charge in [-0.2, -0.15) is 0 Å². The third kappa shape index (κ3) is 2.72. The summed E-state index contributed by atoms with van der Waals surface area (Å²) < 4.78 is 0. The minimum absolute atomic E-state index is 0.581. The van der Waals surface area contributed by atoms with Gasteiger partial charge in [0, 0.05) is 17.4 Å². The first kappa shape index (κ1) is 14.4. The summed E-state index contributed by atoms with van der Waals surface area (Å²) >= 11 is 0. The van der Waals surface area contributed by atoms with Gasteiger partial charge in [-0.3, -0.25) is 0 Å². The van der Waals surface area contributed by atoms with Crippen LogP contribution in [0.2, 0.25) is 0 Å². The Hall–Kier alpha value is -3.21. The number of imidazole rings is 1. The molecule has 0 saturated heterocycles. The van der Waals surface area contributed by atoms with E-state index in [2.05, 4.69) is 51.2 Å². The maximum atomic E-state index is 4.62. The van der Waals surface area contributed by atoms with Gasteiger partial charge < -0.3 is 10.3 Å². The van der Waals surface area contributed by atoms with Crippen molar-refractivity contribution in [1.82, 2.24) is 19.9 Å². The van der Waals surface area contributed by atoms with Gasteiger partial charge in [0.25, 0.3) is 0 Å². The lowest BCUT2D eigenvalue weighted by Crippen LogP contribution is -1.98. The van der Waals surface area contributed by atoms with E-state index in [-0.39, 0.29) is 0 Å². The second-order valence-corrected chi connectivity index (χ2v) is 5.82. The van der Waals surface area contributed by atoms with Crippen molar-refractivity contribution in [3.8, 4) is 11.3 Å². The molecule has 0 unspecified atom stereocenters. The van der Waals surface area contributed by atoms with Crippen LogP contribution in [0.25, 0.3) is 22.3 Å². The van der Waals surface area contributed by atoms with Crippen LogP contribution in [-0.4, -0.2) is 19.9 Å². The molecule has 4 aromatic rings. The first-order chi connectivity index (χ1) is 11.7. The van der Waals surface area contributed by atoms with E-state index in [9.17, 15) is 0 Å². The van der Waals surface area contributed by atoms with Crippen molar-refractivity contribution < 1.29 is 0 Å². The van der Waals surface area contributed by atoms with Crippen LogP contribution in [-0.2, 0) is 0 Å². The lowest BCUT2D eigenvalue weighted by Gasteiger charge is -2.08. The molecule has 0 spiro atoms. The number of aromatic amines is 1. The number of fused-ring (bicyclic) bond motifs is 1. The Balaban J connectivity index is 1.66. The number of rotatable bonds is 3. The number of anilines is 2. The topological polar surface area (TPSA) is 66.5 Å². The van der Waals surface area contributed by atoms with E-state index in [0.29, 0.717) is 5.95 Å². The minimum atomic E-state index is 0.581. The fourth-order valence-electron chi connectivity index (χ4n) is 2.62. The Bertz CT molecular complexity index is 1020. The van der Waals surface area contributed by atoms with E-state index in [1.165, 1.54) is 11.1 Å². The summed E-state index contributed by atoms with van der Waals surface area (Å²) in [6.45, 7) is 4.19. The van der Waals surface area contributed by atoms with Crippen molar-refractivity contribution in [1.29, 1.82) is 0 Å². The highest BCUT2D eigenvalue weighted by Crippen LogP contribution is 2.23. The summed E-state index contributed by atoms with van der Waals surface area (Å²) in [6.07, 6.45) is 3.46. The molecule has 2 aromatic heterocycles. The van der Waals surface area contributed by atoms with Gasteiger partial charge in [-0.05, 0) is 55.3 Å². The van der Waals surface area contributed by atoms with Gasteiger partial charge in [-0.15, -0.1) is 0 Å². The molecule has 5 nitrogen and oxygen atoms in total. The van der Waals surface area contributed by atoms with Gasteiger partial charge in [0.15, 0.2) is 0 Å². The number of H-pyrrole nitrogens is 1. The van der Waals surface area contributed by atoms with Crippen molar-refractivity contribution >= 4 is 22.7 Å². The highest BCUT2D eigenvalue weighted by Gasteiger charge is 2.05. The average Bonchev–Trinajstić information content (AvgIpc) is 3.06. The molecular formula is C19H17N5. The number of hydrogen-bond acceptors (Lipinski definition) is 4. The van der Waals surface area contributed by atoms with Gasteiger partial charge in [-0.25, -0.2) is 15.0 Å². The molecule has 0 radical (unpaired) electrons. The van der Waals surface area contributed by atoms with E-state index in [0.717, 1.165) is 28.0 Å². The monoisotopic (exact) mass is 315 g/mol. The molecule has 0 bridgehead atoms. The molecule has 0 amide bonds. The maximum Gasteiger partial charge on any atom is 0.227 e. The molecule has 2 heterocycles. The van der Waals surface area contributed by atoms with Crippen LogP contribution in [0.3, 0.4) is 0 Å². The molecule has 0 saturated carbocycles. The van der Waals surface area contributed by atoms with Crippen LogP contribution in [0.4, 0.5) is 11.6 Å². The zero-order chi connectivity index (χ0) is 16.5. The molecular weight excluding hydrogens is 298 g/mol. The lowest BCUT2D eigenvalue weighted by molar-refractivity contribution is 1.17. The fourth-order valence-corrected chi connectivity index (χ4v) is 2.62. The molecule has 0 aliphatic carbocycles. The number of nitrogens with one attached hydrogen (secondary N) is 2. The summed E-state index contributed by atoms with van der Waals surface area (Å²) in [5, 5.41) is 3.27. The number of hydrogen-bond donors (Lipinski definition) is 2. The standard InChI is InChI=1S/C19H17N5/c1-12-3-5-15(9-13(12)2)23-19-20-8-7-16(24-19)14-4-6-17-18(10-14)22-11-21-17/h3-11H,1-2H3,(H,21,22)(H,20,23,24). The predicted molar refractivity (Wildman–Crippen MR) is 96.3 cm³/mol. The lowest BCUT2D eigenvalue weighted by atomic mass is 10.1. The highest BCUT2D eigenvalue weighted by molar-refractivity contribution is 5.80. The van der Waals surface area contributed by atoms with Crippen LogP contribution in [0.1, 0.15) is 11.1 Å².